The molecule has 1 fully saturated rings. The van der Waals surface area contributed by atoms with Crippen molar-refractivity contribution in [3.05, 3.63) is 30.1 Å². The number of pyridine rings is 1. The summed E-state index contributed by atoms with van der Waals surface area (Å²) in [6.07, 6.45) is 7.28. The Bertz CT molecular complexity index is 339. The summed E-state index contributed by atoms with van der Waals surface area (Å²) < 4.78 is 0. The minimum Gasteiger partial charge on any atom is -0.306 e. The SMILES string of the molecule is CC(NC1CCC(C(C)C)CC1)c1ccccn1. The van der Waals surface area contributed by atoms with Crippen LogP contribution in [0.15, 0.2) is 24.4 Å². The van der Waals surface area contributed by atoms with Crippen LogP contribution in [0.2, 0.25) is 0 Å². The summed E-state index contributed by atoms with van der Waals surface area (Å²) in [7, 11) is 0. The number of nitrogens with one attached hydrogen (secondary N) is 1. The van der Waals surface area contributed by atoms with Crippen molar-refractivity contribution >= 4 is 0 Å². The molecule has 18 heavy (non-hydrogen) atoms. The third kappa shape index (κ3) is 3.55. The molecule has 100 valence electrons. The summed E-state index contributed by atoms with van der Waals surface area (Å²) >= 11 is 0. The van der Waals surface area contributed by atoms with E-state index in [1.807, 2.05) is 12.3 Å². The van der Waals surface area contributed by atoms with Gasteiger partial charge in [-0.1, -0.05) is 19.9 Å². The van der Waals surface area contributed by atoms with Gasteiger partial charge >= 0.3 is 0 Å². The van der Waals surface area contributed by atoms with Crippen LogP contribution in [0.25, 0.3) is 0 Å². The van der Waals surface area contributed by atoms with Crippen LogP contribution in [-0.4, -0.2) is 11.0 Å². The summed E-state index contributed by atoms with van der Waals surface area (Å²) in [5.74, 6) is 1.78. The Morgan fingerprint density at radius 1 is 1.11 bits per heavy atom. The molecule has 0 amide bonds. The van der Waals surface area contributed by atoms with Gasteiger partial charge in [0.2, 0.25) is 0 Å². The van der Waals surface area contributed by atoms with Gasteiger partial charge in [0, 0.05) is 18.3 Å². The van der Waals surface area contributed by atoms with Crippen molar-refractivity contribution < 1.29 is 0 Å². The van der Waals surface area contributed by atoms with Crippen molar-refractivity contribution in [2.45, 2.75) is 58.5 Å². The molecule has 2 nitrogen and oxygen atoms in total. The van der Waals surface area contributed by atoms with Crippen LogP contribution in [-0.2, 0) is 0 Å². The van der Waals surface area contributed by atoms with E-state index in [0.717, 1.165) is 17.5 Å². The summed E-state index contributed by atoms with van der Waals surface area (Å²) in [4.78, 5) is 4.42. The van der Waals surface area contributed by atoms with Crippen molar-refractivity contribution in [1.29, 1.82) is 0 Å². The van der Waals surface area contributed by atoms with Gasteiger partial charge in [0.25, 0.3) is 0 Å². The van der Waals surface area contributed by atoms with E-state index in [-0.39, 0.29) is 0 Å². The molecule has 1 saturated carbocycles. The van der Waals surface area contributed by atoms with Crippen LogP contribution in [0.4, 0.5) is 0 Å². The zero-order valence-corrected chi connectivity index (χ0v) is 11.9. The second kappa shape index (κ2) is 6.33. The Balaban J connectivity index is 1.81. The van der Waals surface area contributed by atoms with Crippen molar-refractivity contribution in [3.63, 3.8) is 0 Å². The molecule has 1 unspecified atom stereocenters. The van der Waals surface area contributed by atoms with Crippen LogP contribution >= 0.6 is 0 Å². The fourth-order valence-electron chi connectivity index (χ4n) is 3.02. The highest BCUT2D eigenvalue weighted by atomic mass is 15.0. The van der Waals surface area contributed by atoms with E-state index in [1.54, 1.807) is 0 Å². The van der Waals surface area contributed by atoms with Crippen LogP contribution in [0.5, 0.6) is 0 Å². The van der Waals surface area contributed by atoms with Gasteiger partial charge in [-0.25, -0.2) is 0 Å². The minimum absolute atomic E-state index is 0.367. The molecule has 0 aromatic carbocycles. The fourth-order valence-corrected chi connectivity index (χ4v) is 3.02. The van der Waals surface area contributed by atoms with Gasteiger partial charge in [-0.3, -0.25) is 4.98 Å². The lowest BCUT2D eigenvalue weighted by Gasteiger charge is -2.33. The zero-order valence-electron chi connectivity index (χ0n) is 11.9. The van der Waals surface area contributed by atoms with Gasteiger partial charge in [-0.2, -0.15) is 0 Å². The van der Waals surface area contributed by atoms with Crippen molar-refractivity contribution in [3.8, 4) is 0 Å². The van der Waals surface area contributed by atoms with Crippen LogP contribution < -0.4 is 5.32 Å². The smallest absolute Gasteiger partial charge is 0.0570 e. The molecule has 0 spiro atoms. The first-order chi connectivity index (χ1) is 8.66. The molecule has 1 N–H and O–H groups in total. The maximum absolute atomic E-state index is 4.42. The third-order valence-electron chi connectivity index (χ3n) is 4.33. The van der Waals surface area contributed by atoms with Gasteiger partial charge < -0.3 is 5.32 Å². The summed E-state index contributed by atoms with van der Waals surface area (Å²) in [5.41, 5.74) is 1.16. The number of aromatic nitrogens is 1. The monoisotopic (exact) mass is 246 g/mol. The number of rotatable bonds is 4. The van der Waals surface area contributed by atoms with Gasteiger partial charge in [0.05, 0.1) is 5.69 Å². The molecule has 0 saturated heterocycles. The highest BCUT2D eigenvalue weighted by Crippen LogP contribution is 2.30. The predicted molar refractivity (Wildman–Crippen MR) is 76.4 cm³/mol. The average Bonchev–Trinajstić information content (AvgIpc) is 2.40. The van der Waals surface area contributed by atoms with Gasteiger partial charge in [0.1, 0.15) is 0 Å². The van der Waals surface area contributed by atoms with E-state index >= 15 is 0 Å². The van der Waals surface area contributed by atoms with Gasteiger partial charge in [-0.05, 0) is 56.6 Å². The van der Waals surface area contributed by atoms with E-state index in [9.17, 15) is 0 Å². The van der Waals surface area contributed by atoms with Gasteiger partial charge in [-0.15, -0.1) is 0 Å². The van der Waals surface area contributed by atoms with E-state index in [1.165, 1.54) is 25.7 Å². The summed E-state index contributed by atoms with van der Waals surface area (Å²) in [5, 5.41) is 3.73. The molecule has 1 aromatic heterocycles. The standard InChI is InChI=1S/C16H26N2/c1-12(2)14-7-9-15(10-8-14)18-13(3)16-6-4-5-11-17-16/h4-6,11-15,18H,7-10H2,1-3H3. The molecule has 1 aliphatic rings. The maximum atomic E-state index is 4.42. The minimum atomic E-state index is 0.367. The Kier molecular flexibility index (Phi) is 4.76. The molecule has 1 aliphatic carbocycles. The Hall–Kier alpha value is -0.890. The first-order valence-corrected chi connectivity index (χ1v) is 7.33. The molecular formula is C16H26N2. The molecule has 1 heterocycles. The second-order valence-corrected chi connectivity index (χ2v) is 6.00. The largest absolute Gasteiger partial charge is 0.306 e. The summed E-state index contributed by atoms with van der Waals surface area (Å²) in [6, 6.07) is 7.20. The normalized spacial score (nSPS) is 26.2. The molecule has 1 atom stereocenters. The zero-order chi connectivity index (χ0) is 13.0. The van der Waals surface area contributed by atoms with Crippen LogP contribution in [0, 0.1) is 11.8 Å². The Morgan fingerprint density at radius 3 is 2.39 bits per heavy atom. The van der Waals surface area contributed by atoms with E-state index < -0.39 is 0 Å². The molecule has 0 bridgehead atoms. The predicted octanol–water partition coefficient (Wildman–Crippen LogP) is 3.95. The first-order valence-electron chi connectivity index (χ1n) is 7.33. The first kappa shape index (κ1) is 13.5. The number of hydrogen-bond acceptors (Lipinski definition) is 2. The molecule has 0 radical (unpaired) electrons. The highest BCUT2D eigenvalue weighted by Gasteiger charge is 2.24. The average molecular weight is 246 g/mol. The Morgan fingerprint density at radius 2 is 1.83 bits per heavy atom. The van der Waals surface area contributed by atoms with Crippen LogP contribution in [0.3, 0.4) is 0 Å². The van der Waals surface area contributed by atoms with E-state index in [2.05, 4.69) is 43.2 Å². The van der Waals surface area contributed by atoms with Gasteiger partial charge in [0.15, 0.2) is 0 Å². The Labute approximate surface area is 111 Å². The van der Waals surface area contributed by atoms with Crippen molar-refractivity contribution in [1.82, 2.24) is 10.3 Å². The number of hydrogen-bond donors (Lipinski definition) is 1. The second-order valence-electron chi connectivity index (χ2n) is 6.00. The topological polar surface area (TPSA) is 24.9 Å². The molecule has 0 aliphatic heterocycles. The van der Waals surface area contributed by atoms with E-state index in [0.29, 0.717) is 12.1 Å². The lowest BCUT2D eigenvalue weighted by Crippen LogP contribution is -2.36. The molecular weight excluding hydrogens is 220 g/mol. The van der Waals surface area contributed by atoms with Crippen LogP contribution in [0.1, 0.15) is 58.2 Å². The van der Waals surface area contributed by atoms with Crippen molar-refractivity contribution in [2.24, 2.45) is 11.8 Å². The highest BCUT2D eigenvalue weighted by molar-refractivity contribution is 5.08. The lowest BCUT2D eigenvalue weighted by atomic mass is 9.79. The number of nitrogens with zero attached hydrogens (tertiary/aromatic N) is 1. The summed E-state index contributed by atoms with van der Waals surface area (Å²) in [6.45, 7) is 6.93. The molecule has 2 rings (SSSR count). The molecule has 1 aromatic rings. The van der Waals surface area contributed by atoms with Crippen molar-refractivity contribution in [2.75, 3.05) is 0 Å². The quantitative estimate of drug-likeness (QED) is 0.870. The fraction of sp³-hybridized carbons (Fsp3) is 0.688. The third-order valence-corrected chi connectivity index (χ3v) is 4.33. The molecule has 2 heteroatoms. The maximum Gasteiger partial charge on any atom is 0.0570 e. The van der Waals surface area contributed by atoms with E-state index in [4.69, 9.17) is 0 Å². The lowest BCUT2D eigenvalue weighted by molar-refractivity contribution is 0.230.